The van der Waals surface area contributed by atoms with Crippen molar-refractivity contribution in [3.8, 4) is 5.75 Å². The molecule has 5 rings (SSSR count). The van der Waals surface area contributed by atoms with Crippen LogP contribution in [0.15, 0.2) is 77.9 Å². The van der Waals surface area contributed by atoms with Crippen LogP contribution in [0.3, 0.4) is 0 Å². The summed E-state index contributed by atoms with van der Waals surface area (Å²) in [5, 5.41) is 6.25. The third kappa shape index (κ3) is 5.09. The Morgan fingerprint density at radius 3 is 2.31 bits per heavy atom. The Hall–Kier alpha value is -3.78. The number of hydrogen-bond donors (Lipinski definition) is 0. The monoisotopic (exact) mass is 490 g/mol. The first-order valence-electron chi connectivity index (χ1n) is 12.0. The van der Waals surface area contributed by atoms with E-state index in [0.717, 1.165) is 22.6 Å². The molecule has 186 valence electrons. The quantitative estimate of drug-likeness (QED) is 0.512. The van der Waals surface area contributed by atoms with Crippen molar-refractivity contribution in [2.24, 2.45) is 5.10 Å². The van der Waals surface area contributed by atoms with E-state index in [0.29, 0.717) is 38.3 Å². The van der Waals surface area contributed by atoms with Gasteiger partial charge in [-0.2, -0.15) is 5.10 Å². The van der Waals surface area contributed by atoms with E-state index < -0.39 is 0 Å². The number of para-hydroxylation sites is 1. The van der Waals surface area contributed by atoms with Crippen LogP contribution in [-0.4, -0.2) is 61.4 Å². The molecule has 0 unspecified atom stereocenters. The molecule has 1 atom stereocenters. The molecule has 8 heteroatoms. The maximum atomic E-state index is 14.2. The number of hydrazone groups is 1. The minimum Gasteiger partial charge on any atom is -0.497 e. The Bertz CT molecular complexity index is 1240. The molecule has 0 radical (unpaired) electrons. The number of amides is 1. The summed E-state index contributed by atoms with van der Waals surface area (Å²) < 4.78 is 33.0. The number of ether oxygens (including phenoxy) is 1. The molecule has 6 nitrogen and oxygen atoms in total. The number of anilines is 1. The summed E-state index contributed by atoms with van der Waals surface area (Å²) in [6.07, 6.45) is 0.533. The van der Waals surface area contributed by atoms with Crippen LogP contribution in [0.5, 0.6) is 5.75 Å². The zero-order valence-electron chi connectivity index (χ0n) is 20.1. The molecule has 0 spiro atoms. The number of rotatable bonds is 6. The van der Waals surface area contributed by atoms with Crippen LogP contribution in [-0.2, 0) is 4.79 Å². The van der Waals surface area contributed by atoms with Crippen LogP contribution in [0.25, 0.3) is 0 Å². The second-order valence-electron chi connectivity index (χ2n) is 9.00. The highest BCUT2D eigenvalue weighted by molar-refractivity contribution is 6.03. The normalized spacial score (nSPS) is 18.3. The first-order valence-corrected chi connectivity index (χ1v) is 12.0. The Kier molecular flexibility index (Phi) is 6.95. The van der Waals surface area contributed by atoms with Gasteiger partial charge >= 0.3 is 0 Å². The van der Waals surface area contributed by atoms with Gasteiger partial charge in [-0.15, -0.1) is 0 Å². The second kappa shape index (κ2) is 10.5. The van der Waals surface area contributed by atoms with Gasteiger partial charge in [0.1, 0.15) is 17.4 Å². The van der Waals surface area contributed by atoms with Gasteiger partial charge in [0.15, 0.2) is 0 Å². The fourth-order valence-corrected chi connectivity index (χ4v) is 4.76. The zero-order valence-corrected chi connectivity index (χ0v) is 20.1. The minimum absolute atomic E-state index is 0.118. The highest BCUT2D eigenvalue weighted by Gasteiger charge is 2.34. The van der Waals surface area contributed by atoms with Crippen molar-refractivity contribution < 1.29 is 18.3 Å². The van der Waals surface area contributed by atoms with Crippen molar-refractivity contribution in [2.75, 3.05) is 44.7 Å². The highest BCUT2D eigenvalue weighted by atomic mass is 19.1. The van der Waals surface area contributed by atoms with Gasteiger partial charge in [-0.05, 0) is 59.7 Å². The third-order valence-electron chi connectivity index (χ3n) is 6.77. The predicted octanol–water partition coefficient (Wildman–Crippen LogP) is 4.47. The van der Waals surface area contributed by atoms with Crippen LogP contribution >= 0.6 is 0 Å². The molecule has 2 aliphatic heterocycles. The molecule has 0 N–H and O–H groups in total. The van der Waals surface area contributed by atoms with Crippen molar-refractivity contribution in [3.63, 3.8) is 0 Å². The van der Waals surface area contributed by atoms with Crippen LogP contribution in [0.1, 0.15) is 23.6 Å². The topological polar surface area (TPSA) is 48.4 Å². The Morgan fingerprint density at radius 2 is 1.64 bits per heavy atom. The lowest BCUT2D eigenvalue weighted by Gasteiger charge is -2.36. The number of nitrogens with zero attached hydrogens (tertiary/aromatic N) is 4. The number of benzene rings is 3. The van der Waals surface area contributed by atoms with Gasteiger partial charge in [0.2, 0.25) is 0 Å². The van der Waals surface area contributed by atoms with Gasteiger partial charge in [0.05, 0.1) is 31.1 Å². The van der Waals surface area contributed by atoms with E-state index in [-0.39, 0.29) is 30.1 Å². The van der Waals surface area contributed by atoms with Crippen molar-refractivity contribution in [1.82, 2.24) is 9.91 Å². The molecule has 3 aromatic rings. The van der Waals surface area contributed by atoms with Crippen LogP contribution < -0.4 is 9.64 Å². The predicted molar refractivity (Wildman–Crippen MR) is 135 cm³/mol. The van der Waals surface area contributed by atoms with Crippen molar-refractivity contribution in [3.05, 3.63) is 95.6 Å². The van der Waals surface area contributed by atoms with Gasteiger partial charge in [0.25, 0.3) is 5.91 Å². The molecule has 0 aliphatic carbocycles. The lowest BCUT2D eigenvalue weighted by atomic mass is 9.98. The third-order valence-corrected chi connectivity index (χ3v) is 6.77. The second-order valence-corrected chi connectivity index (χ2v) is 9.00. The summed E-state index contributed by atoms with van der Waals surface area (Å²) in [5.41, 5.74) is 3.14. The average Bonchev–Trinajstić information content (AvgIpc) is 3.36. The van der Waals surface area contributed by atoms with Gasteiger partial charge < -0.3 is 9.64 Å². The molecule has 1 fully saturated rings. The van der Waals surface area contributed by atoms with E-state index in [1.54, 1.807) is 31.4 Å². The Morgan fingerprint density at radius 1 is 0.944 bits per heavy atom. The molecule has 3 aromatic carbocycles. The maximum Gasteiger partial charge on any atom is 0.257 e. The molecule has 1 saturated heterocycles. The summed E-state index contributed by atoms with van der Waals surface area (Å²) in [5.74, 6) is 0.0716. The maximum absolute atomic E-state index is 14.2. The molecule has 2 aliphatic rings. The first-order chi connectivity index (χ1) is 17.5. The average molecular weight is 491 g/mol. The molecule has 0 saturated carbocycles. The van der Waals surface area contributed by atoms with E-state index in [1.807, 2.05) is 35.2 Å². The number of hydrogen-bond acceptors (Lipinski definition) is 5. The number of halogens is 2. The van der Waals surface area contributed by atoms with E-state index in [4.69, 9.17) is 9.84 Å². The fraction of sp³-hybridized carbons (Fsp3) is 0.286. The minimum atomic E-state index is -0.321. The van der Waals surface area contributed by atoms with Gasteiger partial charge in [-0.1, -0.05) is 24.3 Å². The molecule has 0 aromatic heterocycles. The number of carbonyl (C=O) groups excluding carboxylic acids is 1. The standard InChI is InChI=1S/C28H28F2N4O2/c1-36-23-12-8-20(9-13-23)25-18-27(21-6-10-22(29)11-7-21)34(31-25)28(35)19-32-14-16-33(17-15-32)26-5-3-2-4-24(26)30/h2-13,27H,14-19H2,1H3/t27-/m1/s1. The molecule has 36 heavy (non-hydrogen) atoms. The van der Waals surface area contributed by atoms with Crippen LogP contribution in [0.2, 0.25) is 0 Å². The summed E-state index contributed by atoms with van der Waals surface area (Å²) in [4.78, 5) is 17.5. The molecule has 0 bridgehead atoms. The number of carbonyl (C=O) groups is 1. The zero-order chi connectivity index (χ0) is 25.1. The van der Waals surface area contributed by atoms with Crippen LogP contribution in [0, 0.1) is 11.6 Å². The fourth-order valence-electron chi connectivity index (χ4n) is 4.76. The van der Waals surface area contributed by atoms with E-state index in [9.17, 15) is 13.6 Å². The first kappa shape index (κ1) is 23.9. The van der Waals surface area contributed by atoms with Crippen LogP contribution in [0.4, 0.5) is 14.5 Å². The van der Waals surface area contributed by atoms with E-state index in [2.05, 4.69) is 4.90 Å². The molecule has 2 heterocycles. The van der Waals surface area contributed by atoms with E-state index >= 15 is 0 Å². The van der Waals surface area contributed by atoms with E-state index in [1.165, 1.54) is 23.2 Å². The lowest BCUT2D eigenvalue weighted by molar-refractivity contribution is -0.134. The van der Waals surface area contributed by atoms with Gasteiger partial charge in [-0.3, -0.25) is 9.69 Å². The van der Waals surface area contributed by atoms with Gasteiger partial charge in [0, 0.05) is 32.6 Å². The summed E-state index contributed by atoms with van der Waals surface area (Å²) in [6, 6.07) is 20.3. The molecular formula is C28H28F2N4O2. The smallest absolute Gasteiger partial charge is 0.257 e. The Labute approximate surface area is 209 Å². The molecule has 1 amide bonds. The summed E-state index contributed by atoms with van der Waals surface area (Å²) in [7, 11) is 1.61. The lowest BCUT2D eigenvalue weighted by Crippen LogP contribution is -2.49. The van der Waals surface area contributed by atoms with Crippen molar-refractivity contribution in [1.29, 1.82) is 0 Å². The largest absolute Gasteiger partial charge is 0.497 e. The van der Waals surface area contributed by atoms with Gasteiger partial charge in [-0.25, -0.2) is 13.8 Å². The van der Waals surface area contributed by atoms with Crippen molar-refractivity contribution in [2.45, 2.75) is 12.5 Å². The Balaban J connectivity index is 1.30. The number of piperazine rings is 1. The SMILES string of the molecule is COc1ccc(C2=NN(C(=O)CN3CCN(c4ccccc4F)CC3)[C@@H](c3ccc(F)cc3)C2)cc1. The number of methoxy groups -OCH3 is 1. The molecular weight excluding hydrogens is 462 g/mol. The summed E-state index contributed by atoms with van der Waals surface area (Å²) in [6.45, 7) is 2.77. The van der Waals surface area contributed by atoms with Crippen molar-refractivity contribution >= 4 is 17.3 Å². The highest BCUT2D eigenvalue weighted by Crippen LogP contribution is 2.33. The summed E-state index contributed by atoms with van der Waals surface area (Å²) >= 11 is 0.